The summed E-state index contributed by atoms with van der Waals surface area (Å²) in [7, 11) is 0. The minimum absolute atomic E-state index is 0.565. The van der Waals surface area contributed by atoms with Gasteiger partial charge in [-0.15, -0.1) is 0 Å². The van der Waals surface area contributed by atoms with Crippen LogP contribution in [0.3, 0.4) is 0 Å². The van der Waals surface area contributed by atoms with Crippen molar-refractivity contribution >= 4 is 0 Å². The highest BCUT2D eigenvalue weighted by Gasteiger charge is 2.30. The first-order chi connectivity index (χ1) is 7.79. The molecule has 4 nitrogen and oxygen atoms in total. The van der Waals surface area contributed by atoms with Gasteiger partial charge >= 0.3 is 0 Å². The molecule has 1 heterocycles. The number of aromatic nitrogens is 3. The first kappa shape index (κ1) is 11.6. The average Bonchev–Trinajstić information content (AvgIpc) is 3.00. The van der Waals surface area contributed by atoms with Crippen molar-refractivity contribution in [3.05, 3.63) is 12.7 Å². The Morgan fingerprint density at radius 2 is 2.31 bits per heavy atom. The molecule has 2 unspecified atom stereocenters. The van der Waals surface area contributed by atoms with E-state index in [1.807, 2.05) is 4.68 Å². The third-order valence-electron chi connectivity index (χ3n) is 3.39. The van der Waals surface area contributed by atoms with Crippen molar-refractivity contribution in [3.63, 3.8) is 0 Å². The predicted octanol–water partition coefficient (Wildman–Crippen LogP) is 1.83. The summed E-state index contributed by atoms with van der Waals surface area (Å²) in [6, 6.07) is 1.29. The molecule has 0 bridgehead atoms. The zero-order chi connectivity index (χ0) is 11.4. The first-order valence-corrected chi connectivity index (χ1v) is 6.38. The smallest absolute Gasteiger partial charge is 0.137 e. The molecule has 2 rings (SSSR count). The fourth-order valence-corrected chi connectivity index (χ4v) is 2.21. The highest BCUT2D eigenvalue weighted by Crippen LogP contribution is 2.34. The van der Waals surface area contributed by atoms with Crippen molar-refractivity contribution in [2.75, 3.05) is 0 Å². The molecule has 0 spiro atoms. The molecule has 16 heavy (non-hydrogen) atoms. The van der Waals surface area contributed by atoms with E-state index in [-0.39, 0.29) is 0 Å². The molecule has 0 aliphatic heterocycles. The SMILES string of the molecule is CCC(NC(C)CCn1cncn1)C1CC1. The standard InChI is InChI=1S/C12H22N4/c1-3-12(11-4-5-11)15-10(2)6-7-16-9-13-8-14-16/h8-12,15H,3-7H2,1-2H3. The Balaban J connectivity index is 1.68. The molecular formula is C12H22N4. The van der Waals surface area contributed by atoms with E-state index in [2.05, 4.69) is 29.2 Å². The Labute approximate surface area is 97.5 Å². The number of aryl methyl sites for hydroxylation is 1. The van der Waals surface area contributed by atoms with Gasteiger partial charge in [0.25, 0.3) is 0 Å². The van der Waals surface area contributed by atoms with Crippen LogP contribution >= 0.6 is 0 Å². The lowest BCUT2D eigenvalue weighted by Gasteiger charge is -2.22. The Kier molecular flexibility index (Phi) is 3.93. The first-order valence-electron chi connectivity index (χ1n) is 6.38. The van der Waals surface area contributed by atoms with Crippen molar-refractivity contribution in [1.82, 2.24) is 20.1 Å². The second kappa shape index (κ2) is 5.43. The van der Waals surface area contributed by atoms with E-state index in [1.165, 1.54) is 19.3 Å². The lowest BCUT2D eigenvalue weighted by atomic mass is 10.1. The molecule has 1 aromatic rings. The number of hydrogen-bond donors (Lipinski definition) is 1. The fourth-order valence-electron chi connectivity index (χ4n) is 2.21. The number of nitrogens with zero attached hydrogens (tertiary/aromatic N) is 3. The molecule has 1 N–H and O–H groups in total. The summed E-state index contributed by atoms with van der Waals surface area (Å²) in [5.41, 5.74) is 0. The monoisotopic (exact) mass is 222 g/mol. The minimum Gasteiger partial charge on any atom is -0.311 e. The maximum Gasteiger partial charge on any atom is 0.137 e. The second-order valence-electron chi connectivity index (χ2n) is 4.87. The summed E-state index contributed by atoms with van der Waals surface area (Å²) in [5.74, 6) is 0.943. The molecule has 90 valence electrons. The fraction of sp³-hybridized carbons (Fsp3) is 0.833. The number of hydrogen-bond acceptors (Lipinski definition) is 3. The van der Waals surface area contributed by atoms with E-state index in [0.717, 1.165) is 24.9 Å². The molecule has 1 saturated carbocycles. The van der Waals surface area contributed by atoms with Crippen LogP contribution in [0.1, 0.15) is 39.5 Å². The minimum atomic E-state index is 0.565. The van der Waals surface area contributed by atoms with Crippen LogP contribution in [0.25, 0.3) is 0 Å². The summed E-state index contributed by atoms with van der Waals surface area (Å²) in [5, 5.41) is 7.84. The van der Waals surface area contributed by atoms with Crippen molar-refractivity contribution in [1.29, 1.82) is 0 Å². The van der Waals surface area contributed by atoms with Crippen LogP contribution in [0.15, 0.2) is 12.7 Å². The van der Waals surface area contributed by atoms with Crippen LogP contribution in [0.5, 0.6) is 0 Å². The van der Waals surface area contributed by atoms with E-state index in [1.54, 1.807) is 12.7 Å². The topological polar surface area (TPSA) is 42.7 Å². The van der Waals surface area contributed by atoms with Gasteiger partial charge in [0.2, 0.25) is 0 Å². The summed E-state index contributed by atoms with van der Waals surface area (Å²) >= 11 is 0. The van der Waals surface area contributed by atoms with E-state index >= 15 is 0 Å². The number of rotatable bonds is 7. The van der Waals surface area contributed by atoms with Crippen LogP contribution in [0.4, 0.5) is 0 Å². The highest BCUT2D eigenvalue weighted by atomic mass is 15.3. The Morgan fingerprint density at radius 3 is 2.88 bits per heavy atom. The van der Waals surface area contributed by atoms with Gasteiger partial charge in [-0.1, -0.05) is 6.92 Å². The van der Waals surface area contributed by atoms with Gasteiger partial charge in [-0.3, -0.25) is 4.68 Å². The summed E-state index contributed by atoms with van der Waals surface area (Å²) in [4.78, 5) is 3.95. The number of nitrogens with one attached hydrogen (secondary N) is 1. The normalized spacial score (nSPS) is 19.6. The maximum absolute atomic E-state index is 4.11. The van der Waals surface area contributed by atoms with E-state index in [4.69, 9.17) is 0 Å². The molecule has 1 aliphatic carbocycles. The van der Waals surface area contributed by atoms with Gasteiger partial charge in [-0.25, -0.2) is 4.98 Å². The predicted molar refractivity (Wildman–Crippen MR) is 64.0 cm³/mol. The zero-order valence-corrected chi connectivity index (χ0v) is 10.3. The third kappa shape index (κ3) is 3.30. The molecule has 1 aromatic heterocycles. The Bertz CT molecular complexity index is 292. The van der Waals surface area contributed by atoms with Gasteiger partial charge in [0.1, 0.15) is 12.7 Å². The van der Waals surface area contributed by atoms with Crippen LogP contribution in [0, 0.1) is 5.92 Å². The largest absolute Gasteiger partial charge is 0.311 e. The lowest BCUT2D eigenvalue weighted by Crippen LogP contribution is -2.38. The molecule has 0 radical (unpaired) electrons. The van der Waals surface area contributed by atoms with Gasteiger partial charge in [-0.2, -0.15) is 5.10 Å². The van der Waals surface area contributed by atoms with Gasteiger partial charge in [-0.05, 0) is 38.5 Å². The lowest BCUT2D eigenvalue weighted by molar-refractivity contribution is 0.369. The van der Waals surface area contributed by atoms with Crippen molar-refractivity contribution in [2.24, 2.45) is 5.92 Å². The van der Waals surface area contributed by atoms with Crippen molar-refractivity contribution in [2.45, 2.75) is 58.2 Å². The second-order valence-corrected chi connectivity index (χ2v) is 4.87. The summed E-state index contributed by atoms with van der Waals surface area (Å²) < 4.78 is 1.90. The van der Waals surface area contributed by atoms with Crippen LogP contribution < -0.4 is 5.32 Å². The molecule has 4 heteroatoms. The highest BCUT2D eigenvalue weighted by molar-refractivity contribution is 4.86. The molecule has 2 atom stereocenters. The Morgan fingerprint density at radius 1 is 1.50 bits per heavy atom. The van der Waals surface area contributed by atoms with Crippen molar-refractivity contribution in [3.8, 4) is 0 Å². The molecular weight excluding hydrogens is 200 g/mol. The van der Waals surface area contributed by atoms with Crippen molar-refractivity contribution < 1.29 is 0 Å². The van der Waals surface area contributed by atoms with Crippen LogP contribution in [-0.4, -0.2) is 26.8 Å². The molecule has 0 aromatic carbocycles. The van der Waals surface area contributed by atoms with Gasteiger partial charge < -0.3 is 5.32 Å². The third-order valence-corrected chi connectivity index (χ3v) is 3.39. The average molecular weight is 222 g/mol. The molecule has 1 aliphatic rings. The summed E-state index contributed by atoms with van der Waals surface area (Å²) in [6.07, 6.45) is 8.58. The van der Waals surface area contributed by atoms with E-state index < -0.39 is 0 Å². The van der Waals surface area contributed by atoms with Crippen LogP contribution in [-0.2, 0) is 6.54 Å². The van der Waals surface area contributed by atoms with E-state index in [9.17, 15) is 0 Å². The van der Waals surface area contributed by atoms with Gasteiger partial charge in [0.05, 0.1) is 0 Å². The molecule has 0 saturated heterocycles. The molecule has 0 amide bonds. The van der Waals surface area contributed by atoms with E-state index in [0.29, 0.717) is 6.04 Å². The summed E-state index contributed by atoms with van der Waals surface area (Å²) in [6.45, 7) is 5.50. The van der Waals surface area contributed by atoms with Gasteiger partial charge in [0.15, 0.2) is 0 Å². The molecule has 1 fully saturated rings. The van der Waals surface area contributed by atoms with Gasteiger partial charge in [0, 0.05) is 18.6 Å². The maximum atomic E-state index is 4.11. The van der Waals surface area contributed by atoms with Crippen LogP contribution in [0.2, 0.25) is 0 Å². The zero-order valence-electron chi connectivity index (χ0n) is 10.3. The quantitative estimate of drug-likeness (QED) is 0.765. The Hall–Kier alpha value is -0.900.